The van der Waals surface area contributed by atoms with E-state index < -0.39 is 0 Å². The molecule has 0 atom stereocenters. The molecule has 1 N–H and O–H groups in total. The van der Waals surface area contributed by atoms with E-state index in [0.29, 0.717) is 23.3 Å². The molecule has 0 heterocycles. The summed E-state index contributed by atoms with van der Waals surface area (Å²) in [5.74, 6) is 0. The highest BCUT2D eigenvalue weighted by Crippen LogP contribution is 2.22. The summed E-state index contributed by atoms with van der Waals surface area (Å²) in [7, 11) is 1.89. The number of benzene rings is 1. The fourth-order valence-corrected chi connectivity index (χ4v) is 1.31. The first kappa shape index (κ1) is 11.8. The molecule has 0 spiro atoms. The molecule has 4 heteroatoms. The van der Waals surface area contributed by atoms with Gasteiger partial charge >= 0.3 is 0 Å². The second-order valence-corrected chi connectivity index (χ2v) is 3.72. The van der Waals surface area contributed by atoms with E-state index in [-0.39, 0.29) is 0 Å². The normalized spacial score (nSPS) is 10.5. The summed E-state index contributed by atoms with van der Waals surface area (Å²) < 4.78 is 5.39. The van der Waals surface area contributed by atoms with Crippen LogP contribution in [0.2, 0.25) is 10.0 Å². The van der Waals surface area contributed by atoms with Crippen molar-refractivity contribution in [1.82, 2.24) is 5.32 Å². The Kier molecular flexibility index (Phi) is 5.26. The molecule has 0 bridgehead atoms. The van der Waals surface area contributed by atoms with Crippen LogP contribution in [0.5, 0.6) is 0 Å². The van der Waals surface area contributed by atoms with Crippen molar-refractivity contribution in [3.8, 4) is 0 Å². The quantitative estimate of drug-likeness (QED) is 0.791. The van der Waals surface area contributed by atoms with Gasteiger partial charge in [0.2, 0.25) is 0 Å². The van der Waals surface area contributed by atoms with Crippen molar-refractivity contribution in [2.45, 2.75) is 6.61 Å². The molecule has 78 valence electrons. The molecular formula is C10H13Cl2NO. The van der Waals surface area contributed by atoms with Crippen LogP contribution in [0, 0.1) is 0 Å². The van der Waals surface area contributed by atoms with Gasteiger partial charge in [-0.2, -0.15) is 0 Å². The molecule has 0 unspecified atom stereocenters. The number of rotatable bonds is 5. The van der Waals surface area contributed by atoms with E-state index >= 15 is 0 Å². The number of likely N-dealkylation sites (N-methyl/N-ethyl adjacent to an activating group) is 1. The van der Waals surface area contributed by atoms with Crippen LogP contribution in [0.1, 0.15) is 5.56 Å². The van der Waals surface area contributed by atoms with Gasteiger partial charge in [-0.05, 0) is 24.7 Å². The first-order valence-electron chi connectivity index (χ1n) is 4.40. The van der Waals surface area contributed by atoms with Crippen molar-refractivity contribution in [2.24, 2.45) is 0 Å². The molecule has 0 aliphatic carbocycles. The smallest absolute Gasteiger partial charge is 0.0718 e. The molecule has 14 heavy (non-hydrogen) atoms. The van der Waals surface area contributed by atoms with Crippen molar-refractivity contribution < 1.29 is 4.74 Å². The molecule has 1 aromatic carbocycles. The third kappa shape index (κ3) is 3.84. The van der Waals surface area contributed by atoms with Crippen molar-refractivity contribution >= 4 is 23.2 Å². The van der Waals surface area contributed by atoms with E-state index in [0.717, 1.165) is 12.1 Å². The predicted molar refractivity (Wildman–Crippen MR) is 60.0 cm³/mol. The maximum Gasteiger partial charge on any atom is 0.0718 e. The Morgan fingerprint density at radius 2 is 2.07 bits per heavy atom. The largest absolute Gasteiger partial charge is 0.375 e. The first-order valence-corrected chi connectivity index (χ1v) is 5.16. The monoisotopic (exact) mass is 233 g/mol. The summed E-state index contributed by atoms with van der Waals surface area (Å²) in [4.78, 5) is 0. The molecule has 0 aromatic heterocycles. The Hall–Kier alpha value is -0.280. The Labute approximate surface area is 94.2 Å². The zero-order valence-electron chi connectivity index (χ0n) is 8.02. The molecule has 0 radical (unpaired) electrons. The van der Waals surface area contributed by atoms with Gasteiger partial charge in [0.05, 0.1) is 23.3 Å². The summed E-state index contributed by atoms with van der Waals surface area (Å²) in [5.41, 5.74) is 1.04. The van der Waals surface area contributed by atoms with E-state index in [9.17, 15) is 0 Å². The molecule has 0 amide bonds. The van der Waals surface area contributed by atoms with Crippen LogP contribution in [0.3, 0.4) is 0 Å². The van der Waals surface area contributed by atoms with Crippen molar-refractivity contribution in [2.75, 3.05) is 20.2 Å². The highest BCUT2D eigenvalue weighted by atomic mass is 35.5. The number of ether oxygens (including phenoxy) is 1. The van der Waals surface area contributed by atoms with Gasteiger partial charge in [-0.1, -0.05) is 29.3 Å². The van der Waals surface area contributed by atoms with Crippen LogP contribution in [-0.4, -0.2) is 20.2 Å². The Balaban J connectivity index is 2.39. The number of halogens is 2. The standard InChI is InChI=1S/C10H13Cl2NO/c1-13-4-5-14-7-8-2-3-9(11)10(12)6-8/h2-3,6,13H,4-5,7H2,1H3. The van der Waals surface area contributed by atoms with Gasteiger partial charge in [0, 0.05) is 6.54 Å². The highest BCUT2D eigenvalue weighted by Gasteiger charge is 1.99. The van der Waals surface area contributed by atoms with E-state index in [2.05, 4.69) is 5.32 Å². The first-order chi connectivity index (χ1) is 6.74. The lowest BCUT2D eigenvalue weighted by molar-refractivity contribution is 0.124. The maximum absolute atomic E-state index is 5.85. The summed E-state index contributed by atoms with van der Waals surface area (Å²) in [6, 6.07) is 5.51. The number of hydrogen-bond donors (Lipinski definition) is 1. The second-order valence-electron chi connectivity index (χ2n) is 2.90. The Morgan fingerprint density at radius 1 is 1.29 bits per heavy atom. The molecular weight excluding hydrogens is 221 g/mol. The van der Waals surface area contributed by atoms with Crippen LogP contribution in [0.25, 0.3) is 0 Å². The highest BCUT2D eigenvalue weighted by molar-refractivity contribution is 6.41. The van der Waals surface area contributed by atoms with Crippen LogP contribution >= 0.6 is 23.2 Å². The topological polar surface area (TPSA) is 21.3 Å². The average Bonchev–Trinajstić information content (AvgIpc) is 2.18. The van der Waals surface area contributed by atoms with Crippen LogP contribution in [0.15, 0.2) is 18.2 Å². The summed E-state index contributed by atoms with van der Waals surface area (Å²) in [6.07, 6.45) is 0. The van der Waals surface area contributed by atoms with Gasteiger partial charge in [-0.3, -0.25) is 0 Å². The minimum atomic E-state index is 0.568. The van der Waals surface area contributed by atoms with Crippen LogP contribution in [0.4, 0.5) is 0 Å². The minimum Gasteiger partial charge on any atom is -0.375 e. The molecule has 0 saturated carbocycles. The van der Waals surface area contributed by atoms with Gasteiger partial charge in [0.1, 0.15) is 0 Å². The molecule has 0 fully saturated rings. The fraction of sp³-hybridized carbons (Fsp3) is 0.400. The Morgan fingerprint density at radius 3 is 2.71 bits per heavy atom. The minimum absolute atomic E-state index is 0.568. The molecule has 2 nitrogen and oxygen atoms in total. The van der Waals surface area contributed by atoms with Crippen LogP contribution in [-0.2, 0) is 11.3 Å². The fourth-order valence-electron chi connectivity index (χ4n) is 0.994. The number of nitrogens with one attached hydrogen (secondary N) is 1. The molecule has 0 saturated heterocycles. The summed E-state index contributed by atoms with van der Waals surface area (Å²) in [6.45, 7) is 2.11. The van der Waals surface area contributed by atoms with E-state index in [1.807, 2.05) is 19.2 Å². The van der Waals surface area contributed by atoms with E-state index in [1.54, 1.807) is 6.07 Å². The molecule has 0 aliphatic heterocycles. The second kappa shape index (κ2) is 6.25. The van der Waals surface area contributed by atoms with Gasteiger partial charge < -0.3 is 10.1 Å². The Bertz CT molecular complexity index is 291. The third-order valence-electron chi connectivity index (χ3n) is 1.75. The maximum atomic E-state index is 5.85. The lowest BCUT2D eigenvalue weighted by Gasteiger charge is -2.04. The van der Waals surface area contributed by atoms with E-state index in [1.165, 1.54) is 0 Å². The summed E-state index contributed by atoms with van der Waals surface area (Å²) >= 11 is 11.6. The number of hydrogen-bond acceptors (Lipinski definition) is 2. The average molecular weight is 234 g/mol. The van der Waals surface area contributed by atoms with Gasteiger partial charge in [-0.15, -0.1) is 0 Å². The summed E-state index contributed by atoms with van der Waals surface area (Å²) in [5, 5.41) is 4.15. The van der Waals surface area contributed by atoms with Gasteiger partial charge in [0.15, 0.2) is 0 Å². The lowest BCUT2D eigenvalue weighted by Crippen LogP contribution is -2.13. The van der Waals surface area contributed by atoms with Gasteiger partial charge in [-0.25, -0.2) is 0 Å². The molecule has 0 aliphatic rings. The zero-order chi connectivity index (χ0) is 10.4. The molecule has 1 rings (SSSR count). The van der Waals surface area contributed by atoms with Crippen molar-refractivity contribution in [3.05, 3.63) is 33.8 Å². The zero-order valence-corrected chi connectivity index (χ0v) is 9.53. The van der Waals surface area contributed by atoms with Crippen molar-refractivity contribution in [3.63, 3.8) is 0 Å². The third-order valence-corrected chi connectivity index (χ3v) is 2.49. The lowest BCUT2D eigenvalue weighted by atomic mass is 10.2. The van der Waals surface area contributed by atoms with Gasteiger partial charge in [0.25, 0.3) is 0 Å². The molecule has 1 aromatic rings. The van der Waals surface area contributed by atoms with E-state index in [4.69, 9.17) is 27.9 Å². The SMILES string of the molecule is CNCCOCc1ccc(Cl)c(Cl)c1. The van der Waals surface area contributed by atoms with Crippen molar-refractivity contribution in [1.29, 1.82) is 0 Å². The predicted octanol–water partition coefficient (Wildman–Crippen LogP) is 2.73. The van der Waals surface area contributed by atoms with Crippen LogP contribution < -0.4 is 5.32 Å².